The van der Waals surface area contributed by atoms with E-state index in [1.54, 1.807) is 24.8 Å². The molecule has 2 saturated heterocycles. The molecule has 2 aromatic rings. The first-order valence-corrected chi connectivity index (χ1v) is 15.7. The number of benzene rings is 2. The average Bonchev–Trinajstić information content (AvgIpc) is 3.18. The van der Waals surface area contributed by atoms with Crippen LogP contribution in [0.5, 0.6) is 5.75 Å². The smallest absolute Gasteiger partial charge is 0.417 e. The first-order valence-electron chi connectivity index (χ1n) is 14.3. The zero-order valence-corrected chi connectivity index (χ0v) is 26.2. The molecular formula is C31H39F3N4O4S. The maximum Gasteiger partial charge on any atom is 0.417 e. The second-order valence-electron chi connectivity index (χ2n) is 12.3. The lowest BCUT2D eigenvalue weighted by Gasteiger charge is -2.33. The third-order valence-corrected chi connectivity index (χ3v) is 10.1. The zero-order chi connectivity index (χ0) is 31.7. The number of hydrogen-bond acceptors (Lipinski definition) is 6. The second-order valence-corrected chi connectivity index (χ2v) is 14.8. The molecule has 2 aromatic carbocycles. The number of ether oxygens (including phenoxy) is 2. The third-order valence-electron chi connectivity index (χ3n) is 7.60. The van der Waals surface area contributed by atoms with Crippen LogP contribution in [0.1, 0.15) is 71.1 Å². The van der Waals surface area contributed by atoms with Crippen molar-refractivity contribution in [1.82, 2.24) is 9.73 Å². The highest BCUT2D eigenvalue weighted by atomic mass is 32.2. The van der Waals surface area contributed by atoms with Gasteiger partial charge in [-0.1, -0.05) is 6.92 Å². The molecule has 0 aliphatic carbocycles. The maximum atomic E-state index is 13.6. The fourth-order valence-electron chi connectivity index (χ4n) is 5.14. The van der Waals surface area contributed by atoms with Crippen LogP contribution in [0.4, 0.5) is 23.7 Å². The van der Waals surface area contributed by atoms with Gasteiger partial charge >= 0.3 is 12.3 Å². The number of amides is 2. The highest BCUT2D eigenvalue weighted by Crippen LogP contribution is 2.52. The number of rotatable bonds is 6. The Morgan fingerprint density at radius 2 is 1.81 bits per heavy atom. The quantitative estimate of drug-likeness (QED) is 0.346. The van der Waals surface area contributed by atoms with Crippen molar-refractivity contribution in [3.8, 4) is 11.8 Å². The van der Waals surface area contributed by atoms with Gasteiger partial charge in [0.25, 0.3) is 5.91 Å². The molecule has 2 aliphatic heterocycles. The van der Waals surface area contributed by atoms with Gasteiger partial charge in [0.15, 0.2) is 0 Å². The van der Waals surface area contributed by atoms with E-state index in [1.165, 1.54) is 11.1 Å². The Hall–Kier alpha value is -3.43. The summed E-state index contributed by atoms with van der Waals surface area (Å²) in [6, 6.07) is 10.6. The normalized spacial score (nSPS) is 20.2. The number of piperidine rings is 1. The molecule has 0 saturated carbocycles. The number of alkyl halides is 3. The first-order chi connectivity index (χ1) is 20.0. The molecule has 8 nitrogen and oxygen atoms in total. The number of nitrogens with one attached hydrogen (secondary N) is 1. The molecule has 4 rings (SSSR count). The Bertz CT molecular complexity index is 1410. The van der Waals surface area contributed by atoms with Crippen LogP contribution in [0.3, 0.4) is 0 Å². The predicted octanol–water partition coefficient (Wildman–Crippen LogP) is 6.77. The lowest BCUT2D eigenvalue weighted by molar-refractivity contribution is -0.137. The standard InChI is InChI=1S/C31H39F3N4O4S/c1-7-21-16-24(10-11-26(21)41-19-20-12-14-37(15-13-20)28(40)42-29(2,3)4)43-30(5,6)27(39)38(36-43)23-9-8-22(18-35)25(17-23)31(32,33)34/h8-11,16-17,20,36,43H,7,12-15,19H2,1-6H3. The van der Waals surface area contributed by atoms with Crippen molar-refractivity contribution in [1.29, 1.82) is 5.26 Å². The summed E-state index contributed by atoms with van der Waals surface area (Å²) in [5.41, 5.74) is -1.12. The van der Waals surface area contributed by atoms with Crippen molar-refractivity contribution >= 4 is 28.8 Å². The van der Waals surface area contributed by atoms with Crippen molar-refractivity contribution in [3.05, 3.63) is 53.1 Å². The number of aryl methyl sites for hydroxylation is 1. The van der Waals surface area contributed by atoms with Crippen LogP contribution >= 0.6 is 11.1 Å². The highest BCUT2D eigenvalue weighted by molar-refractivity contribution is 8.17. The minimum atomic E-state index is -4.73. The zero-order valence-electron chi connectivity index (χ0n) is 25.3. The molecule has 0 aromatic heterocycles. The van der Waals surface area contributed by atoms with Gasteiger partial charge < -0.3 is 14.4 Å². The number of halogens is 3. The van der Waals surface area contributed by atoms with Gasteiger partial charge in [0.2, 0.25) is 0 Å². The van der Waals surface area contributed by atoms with E-state index in [-0.39, 0.29) is 17.7 Å². The highest BCUT2D eigenvalue weighted by Gasteiger charge is 2.47. The Morgan fingerprint density at radius 1 is 1.14 bits per heavy atom. The Kier molecular flexibility index (Phi) is 9.28. The molecule has 0 bridgehead atoms. The van der Waals surface area contributed by atoms with Crippen LogP contribution < -0.4 is 14.6 Å². The number of carbonyl (C=O) groups is 2. The Balaban J connectivity index is 1.45. The summed E-state index contributed by atoms with van der Waals surface area (Å²) < 4.78 is 51.6. The minimum Gasteiger partial charge on any atom is -0.493 e. The number of anilines is 1. The number of carbonyl (C=O) groups excluding carboxylic acids is 2. The molecule has 2 heterocycles. The minimum absolute atomic E-state index is 0.0304. The van der Waals surface area contributed by atoms with E-state index in [0.29, 0.717) is 32.0 Å². The van der Waals surface area contributed by atoms with Gasteiger partial charge in [-0.3, -0.25) is 4.79 Å². The monoisotopic (exact) mass is 620 g/mol. The lowest BCUT2D eigenvalue weighted by Crippen LogP contribution is -2.42. The van der Waals surface area contributed by atoms with E-state index in [4.69, 9.17) is 14.7 Å². The molecule has 1 N–H and O–H groups in total. The Labute approximate surface area is 253 Å². The number of nitrogens with zero attached hydrogens (tertiary/aromatic N) is 3. The van der Waals surface area contributed by atoms with Crippen LogP contribution in [0.25, 0.3) is 0 Å². The summed E-state index contributed by atoms with van der Waals surface area (Å²) in [5.74, 6) is 0.688. The average molecular weight is 621 g/mol. The fourth-order valence-corrected chi connectivity index (χ4v) is 7.35. The summed E-state index contributed by atoms with van der Waals surface area (Å²) in [5, 5.41) is 10.3. The summed E-state index contributed by atoms with van der Waals surface area (Å²) in [6.07, 6.45) is -2.72. The van der Waals surface area contributed by atoms with E-state index >= 15 is 0 Å². The molecule has 0 radical (unpaired) electrons. The molecule has 1 atom stereocenters. The van der Waals surface area contributed by atoms with Gasteiger partial charge in [-0.05, 0) is 102 Å². The van der Waals surface area contributed by atoms with E-state index in [1.807, 2.05) is 45.9 Å². The summed E-state index contributed by atoms with van der Waals surface area (Å²) >= 11 is -1.34. The molecule has 2 aliphatic rings. The van der Waals surface area contributed by atoms with Crippen LogP contribution in [0.15, 0.2) is 41.3 Å². The summed E-state index contributed by atoms with van der Waals surface area (Å²) in [6.45, 7) is 12.9. The molecule has 0 spiro atoms. The molecule has 234 valence electrons. The topological polar surface area (TPSA) is 94.9 Å². The van der Waals surface area contributed by atoms with Crippen LogP contribution in [0.2, 0.25) is 0 Å². The van der Waals surface area contributed by atoms with E-state index in [2.05, 4.69) is 4.83 Å². The lowest BCUT2D eigenvalue weighted by atomic mass is 9.98. The largest absolute Gasteiger partial charge is 0.493 e. The Morgan fingerprint density at radius 3 is 2.40 bits per heavy atom. The van der Waals surface area contributed by atoms with E-state index in [9.17, 15) is 22.8 Å². The maximum absolute atomic E-state index is 13.6. The van der Waals surface area contributed by atoms with Gasteiger partial charge in [0.1, 0.15) is 11.4 Å². The summed E-state index contributed by atoms with van der Waals surface area (Å²) in [7, 11) is 0. The van der Waals surface area contributed by atoms with Crippen molar-refractivity contribution in [2.75, 3.05) is 24.7 Å². The van der Waals surface area contributed by atoms with E-state index in [0.717, 1.165) is 41.2 Å². The van der Waals surface area contributed by atoms with Crippen LogP contribution in [0, 0.1) is 17.2 Å². The molecule has 1 unspecified atom stereocenters. The molecule has 2 amide bonds. The fraction of sp³-hybridized carbons (Fsp3) is 0.516. The van der Waals surface area contributed by atoms with Crippen molar-refractivity contribution in [2.45, 2.75) is 82.2 Å². The number of nitriles is 1. The summed E-state index contributed by atoms with van der Waals surface area (Å²) in [4.78, 5) is 31.6. The number of hydrazine groups is 1. The molecule has 12 heteroatoms. The third kappa shape index (κ3) is 7.21. The van der Waals surface area contributed by atoms with Gasteiger partial charge in [-0.2, -0.15) is 23.3 Å². The van der Waals surface area contributed by atoms with Crippen molar-refractivity contribution < 1.29 is 32.2 Å². The van der Waals surface area contributed by atoms with Gasteiger partial charge in [-0.25, -0.2) is 9.80 Å². The van der Waals surface area contributed by atoms with Crippen molar-refractivity contribution in [3.63, 3.8) is 0 Å². The number of thiol groups is 1. The van der Waals surface area contributed by atoms with Gasteiger partial charge in [0, 0.05) is 18.0 Å². The van der Waals surface area contributed by atoms with E-state index < -0.39 is 38.7 Å². The molecular weight excluding hydrogens is 581 g/mol. The first kappa shape index (κ1) is 32.5. The second kappa shape index (κ2) is 12.3. The van der Waals surface area contributed by atoms with Gasteiger partial charge in [0.05, 0.1) is 34.2 Å². The number of hydrogen-bond donors (Lipinski definition) is 2. The van der Waals surface area contributed by atoms with Crippen LogP contribution in [-0.4, -0.2) is 46.9 Å². The predicted molar refractivity (Wildman–Crippen MR) is 160 cm³/mol. The molecule has 2 fully saturated rings. The number of likely N-dealkylation sites (tertiary alicyclic amines) is 1. The van der Waals surface area contributed by atoms with Gasteiger partial charge in [-0.15, -0.1) is 11.1 Å². The molecule has 43 heavy (non-hydrogen) atoms. The van der Waals surface area contributed by atoms with Crippen LogP contribution in [-0.2, 0) is 22.1 Å². The SMILES string of the molecule is CCc1cc([SH]2NN(c3ccc(C#N)c(C(F)(F)F)c3)C(=O)C2(C)C)ccc1OCC1CCN(C(=O)OC(C)(C)C)CC1. The van der Waals surface area contributed by atoms with Crippen molar-refractivity contribution in [2.24, 2.45) is 5.92 Å².